The van der Waals surface area contributed by atoms with Crippen LogP contribution in [0, 0.1) is 0 Å². The maximum Gasteiger partial charge on any atom is 0.225 e. The molecule has 1 fully saturated rings. The second kappa shape index (κ2) is 8.11. The molecule has 2 aromatic rings. The molecule has 0 spiro atoms. The van der Waals surface area contributed by atoms with Gasteiger partial charge >= 0.3 is 0 Å². The summed E-state index contributed by atoms with van der Waals surface area (Å²) in [5.74, 6) is 0.840. The van der Waals surface area contributed by atoms with E-state index in [9.17, 15) is 9.59 Å². The molecule has 1 saturated carbocycles. The van der Waals surface area contributed by atoms with Crippen molar-refractivity contribution in [3.8, 4) is 5.75 Å². The van der Waals surface area contributed by atoms with Crippen LogP contribution < -0.4 is 4.74 Å². The number of nitrogens with zero attached hydrogens (tertiary/aromatic N) is 2. The number of methoxy groups -OCH3 is 1. The molecule has 1 aliphatic heterocycles. The Hall–Kier alpha value is -3.08. The second-order valence-corrected chi connectivity index (χ2v) is 7.69. The minimum atomic E-state index is -0.265. The van der Waals surface area contributed by atoms with Gasteiger partial charge in [0.1, 0.15) is 5.75 Å². The van der Waals surface area contributed by atoms with Gasteiger partial charge in [-0.1, -0.05) is 36.4 Å². The Labute approximate surface area is 171 Å². The minimum Gasteiger partial charge on any atom is -0.497 e. The van der Waals surface area contributed by atoms with Crippen molar-refractivity contribution >= 4 is 17.9 Å². The zero-order valence-electron chi connectivity index (χ0n) is 16.9. The molecule has 0 saturated heterocycles. The molecule has 2 aromatic carbocycles. The van der Waals surface area contributed by atoms with E-state index in [1.807, 2.05) is 59.5 Å². The normalized spacial score (nSPS) is 17.6. The fraction of sp³-hybridized carbons (Fsp3) is 0.333. The Kier molecular flexibility index (Phi) is 5.38. The van der Waals surface area contributed by atoms with Crippen LogP contribution in [0.25, 0.3) is 6.08 Å². The average Bonchev–Trinajstić information content (AvgIpc) is 3.57. The van der Waals surface area contributed by atoms with E-state index in [4.69, 9.17) is 4.74 Å². The lowest BCUT2D eigenvalue weighted by Gasteiger charge is -2.34. The highest BCUT2D eigenvalue weighted by Crippen LogP contribution is 2.35. The maximum absolute atomic E-state index is 13.3. The lowest BCUT2D eigenvalue weighted by Crippen LogP contribution is -2.38. The molecule has 150 valence electrons. The van der Waals surface area contributed by atoms with Gasteiger partial charge in [-0.15, -0.1) is 0 Å². The smallest absolute Gasteiger partial charge is 0.225 e. The topological polar surface area (TPSA) is 49.9 Å². The highest BCUT2D eigenvalue weighted by atomic mass is 16.5. The maximum atomic E-state index is 13.3. The Morgan fingerprint density at radius 1 is 1.10 bits per heavy atom. The highest BCUT2D eigenvalue weighted by Gasteiger charge is 2.36. The largest absolute Gasteiger partial charge is 0.497 e. The van der Waals surface area contributed by atoms with Gasteiger partial charge in [0, 0.05) is 25.7 Å². The van der Waals surface area contributed by atoms with Gasteiger partial charge in [0.15, 0.2) is 0 Å². The van der Waals surface area contributed by atoms with Gasteiger partial charge in [-0.2, -0.15) is 0 Å². The molecule has 0 N–H and O–H groups in total. The summed E-state index contributed by atoms with van der Waals surface area (Å²) < 4.78 is 5.22. The van der Waals surface area contributed by atoms with Crippen molar-refractivity contribution in [1.29, 1.82) is 0 Å². The number of ether oxygens (including phenoxy) is 1. The molecule has 5 nitrogen and oxygen atoms in total. The highest BCUT2D eigenvalue weighted by molar-refractivity contribution is 5.82. The van der Waals surface area contributed by atoms with Crippen LogP contribution in [-0.4, -0.2) is 34.8 Å². The van der Waals surface area contributed by atoms with E-state index < -0.39 is 0 Å². The molecule has 1 heterocycles. The van der Waals surface area contributed by atoms with E-state index in [1.165, 1.54) is 0 Å². The first-order valence-corrected chi connectivity index (χ1v) is 10.0. The lowest BCUT2D eigenvalue weighted by molar-refractivity contribution is -0.135. The van der Waals surface area contributed by atoms with E-state index in [2.05, 4.69) is 0 Å². The monoisotopic (exact) mass is 390 g/mol. The first-order valence-electron chi connectivity index (χ1n) is 10.0. The summed E-state index contributed by atoms with van der Waals surface area (Å²) in [4.78, 5) is 29.2. The molecule has 2 amide bonds. The SMILES string of the molecule is COc1ccc(CN(C(=O)C[C@H]2c3ccccc3C=CN2C(C)=O)C2CC2)cc1. The summed E-state index contributed by atoms with van der Waals surface area (Å²) in [7, 11) is 1.65. The molecule has 1 atom stereocenters. The van der Waals surface area contributed by atoms with Crippen LogP contribution in [0.15, 0.2) is 54.7 Å². The Morgan fingerprint density at radius 3 is 2.48 bits per heavy atom. The van der Waals surface area contributed by atoms with E-state index in [-0.39, 0.29) is 24.3 Å². The van der Waals surface area contributed by atoms with Crippen molar-refractivity contribution in [2.45, 2.75) is 44.8 Å². The predicted molar refractivity (Wildman–Crippen MR) is 112 cm³/mol. The predicted octanol–water partition coefficient (Wildman–Crippen LogP) is 4.15. The van der Waals surface area contributed by atoms with Crippen LogP contribution in [-0.2, 0) is 16.1 Å². The van der Waals surface area contributed by atoms with Crippen molar-refractivity contribution in [2.75, 3.05) is 7.11 Å². The van der Waals surface area contributed by atoms with Gasteiger partial charge in [0.25, 0.3) is 0 Å². The van der Waals surface area contributed by atoms with Gasteiger partial charge in [0.05, 0.1) is 19.6 Å². The third kappa shape index (κ3) is 4.19. The molecule has 1 aliphatic carbocycles. The van der Waals surface area contributed by atoms with Crippen molar-refractivity contribution in [3.63, 3.8) is 0 Å². The van der Waals surface area contributed by atoms with Crippen molar-refractivity contribution in [2.24, 2.45) is 0 Å². The fourth-order valence-corrected chi connectivity index (χ4v) is 3.93. The number of carbonyl (C=O) groups excluding carboxylic acids is 2. The van der Waals surface area contributed by atoms with Crippen LogP contribution in [0.1, 0.15) is 48.9 Å². The van der Waals surface area contributed by atoms with E-state index in [1.54, 1.807) is 25.1 Å². The summed E-state index contributed by atoms with van der Waals surface area (Å²) in [6, 6.07) is 15.9. The Morgan fingerprint density at radius 2 is 1.83 bits per heavy atom. The molecule has 0 unspecified atom stereocenters. The zero-order chi connectivity index (χ0) is 20.4. The second-order valence-electron chi connectivity index (χ2n) is 7.69. The average molecular weight is 390 g/mol. The number of hydrogen-bond acceptors (Lipinski definition) is 3. The van der Waals surface area contributed by atoms with E-state index >= 15 is 0 Å². The quantitative estimate of drug-likeness (QED) is 0.745. The van der Waals surface area contributed by atoms with Gasteiger partial charge in [-0.05, 0) is 47.7 Å². The summed E-state index contributed by atoms with van der Waals surface area (Å²) >= 11 is 0. The van der Waals surface area contributed by atoms with E-state index in [0.717, 1.165) is 35.3 Å². The van der Waals surface area contributed by atoms with Crippen molar-refractivity contribution < 1.29 is 14.3 Å². The first-order chi connectivity index (χ1) is 14.1. The number of hydrogen-bond donors (Lipinski definition) is 0. The third-order valence-corrected chi connectivity index (χ3v) is 5.66. The van der Waals surface area contributed by atoms with Gasteiger partial charge in [0.2, 0.25) is 11.8 Å². The molecular formula is C24H26N2O3. The number of rotatable bonds is 6. The number of benzene rings is 2. The van der Waals surface area contributed by atoms with Crippen LogP contribution in [0.4, 0.5) is 0 Å². The van der Waals surface area contributed by atoms with E-state index in [0.29, 0.717) is 12.6 Å². The van der Waals surface area contributed by atoms with Gasteiger partial charge < -0.3 is 14.5 Å². The molecular weight excluding hydrogens is 364 g/mol. The molecule has 4 rings (SSSR count). The zero-order valence-corrected chi connectivity index (χ0v) is 16.9. The fourth-order valence-electron chi connectivity index (χ4n) is 3.93. The molecule has 29 heavy (non-hydrogen) atoms. The third-order valence-electron chi connectivity index (χ3n) is 5.66. The summed E-state index contributed by atoms with van der Waals surface area (Å²) in [6.45, 7) is 2.13. The minimum absolute atomic E-state index is 0.0540. The van der Waals surface area contributed by atoms with Crippen LogP contribution in [0.3, 0.4) is 0 Å². The van der Waals surface area contributed by atoms with Gasteiger partial charge in [-0.25, -0.2) is 0 Å². The molecule has 0 radical (unpaired) electrons. The molecule has 0 bridgehead atoms. The first kappa shape index (κ1) is 19.2. The standard InChI is InChI=1S/C24H26N2O3/c1-17(27)25-14-13-19-5-3-4-6-22(19)23(25)15-24(28)26(20-9-10-20)16-18-7-11-21(29-2)12-8-18/h3-8,11-14,20,23H,9-10,15-16H2,1-2H3/t23-/m0/s1. The number of amides is 2. The van der Waals surface area contributed by atoms with Crippen LogP contribution >= 0.6 is 0 Å². The summed E-state index contributed by atoms with van der Waals surface area (Å²) in [6.07, 6.45) is 6.10. The summed E-state index contributed by atoms with van der Waals surface area (Å²) in [5, 5.41) is 0. The number of carbonyl (C=O) groups is 2. The van der Waals surface area contributed by atoms with Gasteiger partial charge in [-0.3, -0.25) is 9.59 Å². The Bertz CT molecular complexity index is 931. The number of fused-ring (bicyclic) bond motifs is 1. The van der Waals surface area contributed by atoms with Crippen LogP contribution in [0.2, 0.25) is 0 Å². The van der Waals surface area contributed by atoms with Crippen LogP contribution in [0.5, 0.6) is 5.75 Å². The van der Waals surface area contributed by atoms with Crippen molar-refractivity contribution in [1.82, 2.24) is 9.80 Å². The lowest BCUT2D eigenvalue weighted by atomic mass is 9.93. The molecule has 2 aliphatic rings. The molecule has 0 aromatic heterocycles. The van der Waals surface area contributed by atoms with Crippen molar-refractivity contribution in [3.05, 3.63) is 71.4 Å². The molecule has 5 heteroatoms. The summed E-state index contributed by atoms with van der Waals surface area (Å²) in [5.41, 5.74) is 3.17. The Balaban J connectivity index is 1.54.